The molecule has 1 heterocycles. The van der Waals surface area contributed by atoms with Gasteiger partial charge in [0.25, 0.3) is 0 Å². The Morgan fingerprint density at radius 2 is 2.00 bits per heavy atom. The van der Waals surface area contributed by atoms with Crippen LogP contribution in [0.25, 0.3) is 0 Å². The van der Waals surface area contributed by atoms with Crippen molar-refractivity contribution in [2.45, 2.75) is 6.42 Å². The highest BCUT2D eigenvalue weighted by atomic mass is 16.3. The van der Waals surface area contributed by atoms with Gasteiger partial charge in [0.05, 0.1) is 26.7 Å². The molecule has 0 saturated carbocycles. The van der Waals surface area contributed by atoms with Gasteiger partial charge in [-0.25, -0.2) is 0 Å². The molecule has 2 N–H and O–H groups in total. The number of aliphatic hydroxyl groups excluding tert-OH is 1. The molecule has 0 aromatic heterocycles. The van der Waals surface area contributed by atoms with Gasteiger partial charge in [-0.15, -0.1) is 0 Å². The highest BCUT2D eigenvalue weighted by molar-refractivity contribution is 4.54. The first kappa shape index (κ1) is 8.97. The summed E-state index contributed by atoms with van der Waals surface area (Å²) in [5.41, 5.74) is 0. The molecule has 3 nitrogen and oxygen atoms in total. The SMILES string of the molecule is C[N+]1(CCCO)CCNCC1. The highest BCUT2D eigenvalue weighted by Gasteiger charge is 2.22. The number of nitrogens with one attached hydrogen (secondary N) is 1. The fraction of sp³-hybridized carbons (Fsp3) is 1.00. The van der Waals surface area contributed by atoms with Crippen LogP contribution < -0.4 is 5.32 Å². The van der Waals surface area contributed by atoms with Crippen molar-refractivity contribution in [1.82, 2.24) is 5.32 Å². The second-order valence-corrected chi connectivity index (χ2v) is 3.62. The number of aliphatic hydroxyl groups is 1. The number of rotatable bonds is 3. The molecule has 1 aliphatic heterocycles. The Balaban J connectivity index is 2.25. The Morgan fingerprint density at radius 1 is 1.36 bits per heavy atom. The monoisotopic (exact) mass is 159 g/mol. The normalized spacial score (nSPS) is 23.5. The van der Waals surface area contributed by atoms with Crippen molar-refractivity contribution in [1.29, 1.82) is 0 Å². The van der Waals surface area contributed by atoms with Gasteiger partial charge < -0.3 is 14.9 Å². The first-order valence-corrected chi connectivity index (χ1v) is 4.42. The zero-order valence-electron chi connectivity index (χ0n) is 7.34. The van der Waals surface area contributed by atoms with Crippen LogP contribution in [-0.2, 0) is 0 Å². The largest absolute Gasteiger partial charge is 0.396 e. The summed E-state index contributed by atoms with van der Waals surface area (Å²) < 4.78 is 1.13. The molecule has 0 radical (unpaired) electrons. The number of hydrogen-bond acceptors (Lipinski definition) is 2. The van der Waals surface area contributed by atoms with Crippen LogP contribution in [0.2, 0.25) is 0 Å². The van der Waals surface area contributed by atoms with Crippen molar-refractivity contribution in [2.24, 2.45) is 0 Å². The molecule has 1 saturated heterocycles. The third-order valence-corrected chi connectivity index (χ3v) is 2.51. The lowest BCUT2D eigenvalue weighted by atomic mass is 10.2. The third-order valence-electron chi connectivity index (χ3n) is 2.51. The zero-order valence-corrected chi connectivity index (χ0v) is 7.34. The Kier molecular flexibility index (Phi) is 3.30. The minimum atomic E-state index is 0.335. The average molecular weight is 159 g/mol. The fourth-order valence-electron chi connectivity index (χ4n) is 1.61. The van der Waals surface area contributed by atoms with E-state index in [1.54, 1.807) is 0 Å². The smallest absolute Gasteiger partial charge is 0.0911 e. The number of likely N-dealkylation sites (N-methyl/N-ethyl adjacent to an activating group) is 1. The van der Waals surface area contributed by atoms with E-state index in [9.17, 15) is 0 Å². The van der Waals surface area contributed by atoms with E-state index >= 15 is 0 Å². The second kappa shape index (κ2) is 4.04. The molecule has 66 valence electrons. The molecule has 1 aliphatic rings. The third kappa shape index (κ3) is 2.77. The van der Waals surface area contributed by atoms with Crippen molar-refractivity contribution >= 4 is 0 Å². The van der Waals surface area contributed by atoms with Gasteiger partial charge in [0.15, 0.2) is 0 Å². The van der Waals surface area contributed by atoms with Gasteiger partial charge in [0.1, 0.15) is 0 Å². The van der Waals surface area contributed by atoms with Crippen molar-refractivity contribution < 1.29 is 9.59 Å². The summed E-state index contributed by atoms with van der Waals surface area (Å²) in [6.07, 6.45) is 0.941. The van der Waals surface area contributed by atoms with Gasteiger partial charge in [-0.2, -0.15) is 0 Å². The molecule has 0 aromatic carbocycles. The molecule has 0 aliphatic carbocycles. The van der Waals surface area contributed by atoms with E-state index < -0.39 is 0 Å². The van der Waals surface area contributed by atoms with Crippen LogP contribution in [0.15, 0.2) is 0 Å². The van der Waals surface area contributed by atoms with Gasteiger partial charge in [-0.05, 0) is 0 Å². The molecule has 1 fully saturated rings. The van der Waals surface area contributed by atoms with Crippen LogP contribution in [0, 0.1) is 0 Å². The van der Waals surface area contributed by atoms with Crippen LogP contribution in [0.5, 0.6) is 0 Å². The summed E-state index contributed by atoms with van der Waals surface area (Å²) in [5, 5.41) is 12.0. The van der Waals surface area contributed by atoms with Crippen LogP contribution >= 0.6 is 0 Å². The lowest BCUT2D eigenvalue weighted by molar-refractivity contribution is -0.911. The van der Waals surface area contributed by atoms with E-state index in [1.165, 1.54) is 13.1 Å². The van der Waals surface area contributed by atoms with Crippen molar-refractivity contribution in [2.75, 3.05) is 46.4 Å². The van der Waals surface area contributed by atoms with Crippen molar-refractivity contribution in [3.63, 3.8) is 0 Å². The number of quaternary nitrogens is 1. The fourth-order valence-corrected chi connectivity index (χ4v) is 1.61. The van der Waals surface area contributed by atoms with E-state index in [-0.39, 0.29) is 0 Å². The van der Waals surface area contributed by atoms with Crippen LogP contribution in [0.4, 0.5) is 0 Å². The minimum Gasteiger partial charge on any atom is -0.396 e. The molecular weight excluding hydrogens is 140 g/mol. The summed E-state index contributed by atoms with van der Waals surface area (Å²) >= 11 is 0. The maximum Gasteiger partial charge on any atom is 0.0911 e. The summed E-state index contributed by atoms with van der Waals surface area (Å²) in [4.78, 5) is 0. The molecule has 0 atom stereocenters. The molecule has 0 amide bonds. The van der Waals surface area contributed by atoms with Crippen molar-refractivity contribution in [3.05, 3.63) is 0 Å². The topological polar surface area (TPSA) is 32.3 Å². The van der Waals surface area contributed by atoms with Crippen LogP contribution in [-0.4, -0.2) is 56.0 Å². The molecule has 0 aromatic rings. The quantitative estimate of drug-likeness (QED) is 0.540. The van der Waals surface area contributed by atoms with Gasteiger partial charge in [-0.3, -0.25) is 0 Å². The lowest BCUT2D eigenvalue weighted by Crippen LogP contribution is -2.56. The maximum atomic E-state index is 8.69. The molecule has 0 spiro atoms. The second-order valence-electron chi connectivity index (χ2n) is 3.62. The summed E-state index contributed by atoms with van der Waals surface area (Å²) in [6, 6.07) is 0. The molecule has 11 heavy (non-hydrogen) atoms. The van der Waals surface area contributed by atoms with Crippen LogP contribution in [0.3, 0.4) is 0 Å². The maximum absolute atomic E-state index is 8.69. The standard InChI is InChI=1S/C8H19N2O/c1-10(5-2-8-11)6-3-9-4-7-10/h9,11H,2-8H2,1H3/q+1. The molecule has 3 heteroatoms. The predicted octanol–water partition coefficient (Wildman–Crippen LogP) is -0.581. The summed E-state index contributed by atoms with van der Waals surface area (Å²) in [6.45, 7) is 6.13. The molecular formula is C8H19N2O+. The number of nitrogens with zero attached hydrogens (tertiary/aromatic N) is 1. The number of hydrogen-bond donors (Lipinski definition) is 2. The Morgan fingerprint density at radius 3 is 2.55 bits per heavy atom. The highest BCUT2D eigenvalue weighted by Crippen LogP contribution is 2.04. The zero-order chi connectivity index (χ0) is 8.16. The summed E-state index contributed by atoms with van der Waals surface area (Å²) in [7, 11) is 2.27. The van der Waals surface area contributed by atoms with Crippen LogP contribution in [0.1, 0.15) is 6.42 Å². The van der Waals surface area contributed by atoms with Gasteiger partial charge >= 0.3 is 0 Å². The van der Waals surface area contributed by atoms with E-state index in [2.05, 4.69) is 12.4 Å². The van der Waals surface area contributed by atoms with Crippen molar-refractivity contribution in [3.8, 4) is 0 Å². The Labute approximate surface area is 68.6 Å². The van der Waals surface area contributed by atoms with E-state index in [4.69, 9.17) is 5.11 Å². The predicted molar refractivity (Wildman–Crippen MR) is 45.4 cm³/mol. The van der Waals surface area contributed by atoms with Gasteiger partial charge in [0.2, 0.25) is 0 Å². The summed E-state index contributed by atoms with van der Waals surface area (Å²) in [5.74, 6) is 0. The first-order valence-electron chi connectivity index (χ1n) is 4.42. The van der Waals surface area contributed by atoms with Gasteiger partial charge in [-0.1, -0.05) is 0 Å². The van der Waals surface area contributed by atoms with E-state index in [0.29, 0.717) is 6.61 Å². The molecule has 1 rings (SSSR count). The lowest BCUT2D eigenvalue weighted by Gasteiger charge is -2.37. The molecule has 0 bridgehead atoms. The Hall–Kier alpha value is -0.120. The average Bonchev–Trinajstić information content (AvgIpc) is 2.03. The minimum absolute atomic E-state index is 0.335. The Bertz CT molecular complexity index is 111. The van der Waals surface area contributed by atoms with E-state index in [1.807, 2.05) is 0 Å². The first-order chi connectivity index (χ1) is 5.27. The van der Waals surface area contributed by atoms with Gasteiger partial charge in [0, 0.05) is 26.1 Å². The number of piperazine rings is 1. The van der Waals surface area contributed by atoms with E-state index in [0.717, 1.165) is 30.5 Å². The molecule has 0 unspecified atom stereocenters.